The standard InChI is InChI=1S/C14H24N4O/c1-4-6-11-15-12(17-16-11)13(19)18-9-5-7-14(2,3)8-10-18/h4-10H2,1-3H3,(H,15,16,17). The van der Waals surface area contributed by atoms with E-state index < -0.39 is 0 Å². The maximum Gasteiger partial charge on any atom is 0.293 e. The Morgan fingerprint density at radius 2 is 2.16 bits per heavy atom. The first-order chi connectivity index (χ1) is 9.02. The molecule has 106 valence electrons. The van der Waals surface area contributed by atoms with E-state index >= 15 is 0 Å². The number of carbonyl (C=O) groups is 1. The van der Waals surface area contributed by atoms with Crippen LogP contribution in [-0.4, -0.2) is 39.1 Å². The second kappa shape index (κ2) is 5.72. The topological polar surface area (TPSA) is 61.9 Å². The second-order valence-corrected chi connectivity index (χ2v) is 6.17. The Labute approximate surface area is 114 Å². The molecule has 1 saturated heterocycles. The minimum atomic E-state index is -0.0312. The highest BCUT2D eigenvalue weighted by Gasteiger charge is 2.27. The highest BCUT2D eigenvalue weighted by atomic mass is 16.2. The largest absolute Gasteiger partial charge is 0.336 e. The molecule has 1 aromatic heterocycles. The fourth-order valence-electron chi connectivity index (χ4n) is 2.51. The van der Waals surface area contributed by atoms with Crippen molar-refractivity contribution < 1.29 is 4.79 Å². The lowest BCUT2D eigenvalue weighted by molar-refractivity contribution is 0.0745. The first kappa shape index (κ1) is 14.0. The van der Waals surface area contributed by atoms with Crippen LogP contribution in [-0.2, 0) is 6.42 Å². The van der Waals surface area contributed by atoms with Gasteiger partial charge in [-0.15, -0.1) is 5.10 Å². The molecule has 0 spiro atoms. The lowest BCUT2D eigenvalue weighted by Gasteiger charge is -2.22. The molecule has 0 saturated carbocycles. The number of likely N-dealkylation sites (tertiary alicyclic amines) is 1. The highest BCUT2D eigenvalue weighted by molar-refractivity contribution is 5.90. The molecule has 1 aliphatic rings. The monoisotopic (exact) mass is 264 g/mol. The third-order valence-electron chi connectivity index (χ3n) is 3.84. The molecule has 1 aliphatic heterocycles. The average molecular weight is 264 g/mol. The predicted octanol–water partition coefficient (Wildman–Crippen LogP) is 2.41. The number of aryl methyl sites for hydroxylation is 1. The predicted molar refractivity (Wildman–Crippen MR) is 73.9 cm³/mol. The van der Waals surface area contributed by atoms with Crippen LogP contribution in [0, 0.1) is 5.41 Å². The summed E-state index contributed by atoms with van der Waals surface area (Å²) in [6, 6.07) is 0. The van der Waals surface area contributed by atoms with E-state index in [1.54, 1.807) is 0 Å². The van der Waals surface area contributed by atoms with Gasteiger partial charge in [-0.05, 0) is 31.1 Å². The van der Waals surface area contributed by atoms with Gasteiger partial charge in [-0.1, -0.05) is 20.8 Å². The van der Waals surface area contributed by atoms with Gasteiger partial charge in [0.2, 0.25) is 5.82 Å². The van der Waals surface area contributed by atoms with Crippen molar-refractivity contribution in [1.82, 2.24) is 20.1 Å². The van der Waals surface area contributed by atoms with Crippen LogP contribution in [0.1, 0.15) is 62.9 Å². The van der Waals surface area contributed by atoms with E-state index in [0.717, 1.165) is 44.6 Å². The van der Waals surface area contributed by atoms with Crippen LogP contribution in [0.3, 0.4) is 0 Å². The molecular formula is C14H24N4O. The lowest BCUT2D eigenvalue weighted by Crippen LogP contribution is -2.33. The van der Waals surface area contributed by atoms with E-state index in [1.165, 1.54) is 6.42 Å². The van der Waals surface area contributed by atoms with Gasteiger partial charge in [-0.25, -0.2) is 4.98 Å². The van der Waals surface area contributed by atoms with Gasteiger partial charge in [0.15, 0.2) is 0 Å². The number of amides is 1. The Morgan fingerprint density at radius 3 is 2.89 bits per heavy atom. The maximum absolute atomic E-state index is 12.4. The van der Waals surface area contributed by atoms with Crippen LogP contribution in [0.25, 0.3) is 0 Å². The number of rotatable bonds is 3. The summed E-state index contributed by atoms with van der Waals surface area (Å²) >= 11 is 0. The van der Waals surface area contributed by atoms with Crippen LogP contribution in [0.2, 0.25) is 0 Å². The number of hydrogen-bond acceptors (Lipinski definition) is 3. The first-order valence-corrected chi connectivity index (χ1v) is 7.22. The average Bonchev–Trinajstić information content (AvgIpc) is 2.74. The van der Waals surface area contributed by atoms with Crippen LogP contribution in [0.5, 0.6) is 0 Å². The molecule has 0 bridgehead atoms. The summed E-state index contributed by atoms with van der Waals surface area (Å²) in [4.78, 5) is 18.5. The van der Waals surface area contributed by atoms with Crippen LogP contribution in [0.4, 0.5) is 0 Å². The minimum absolute atomic E-state index is 0.0312. The fraction of sp³-hybridized carbons (Fsp3) is 0.786. The van der Waals surface area contributed by atoms with Crippen molar-refractivity contribution in [1.29, 1.82) is 0 Å². The van der Waals surface area contributed by atoms with Gasteiger partial charge in [-0.3, -0.25) is 9.89 Å². The normalized spacial score (nSPS) is 19.2. The van der Waals surface area contributed by atoms with E-state index in [2.05, 4.69) is 36.0 Å². The molecule has 5 nitrogen and oxygen atoms in total. The molecule has 1 fully saturated rings. The number of nitrogens with one attached hydrogen (secondary N) is 1. The Balaban J connectivity index is 2.02. The summed E-state index contributed by atoms with van der Waals surface area (Å²) in [6.45, 7) is 8.25. The van der Waals surface area contributed by atoms with Crippen molar-refractivity contribution in [3.63, 3.8) is 0 Å². The summed E-state index contributed by atoms with van der Waals surface area (Å²) in [7, 11) is 0. The third kappa shape index (κ3) is 3.55. The second-order valence-electron chi connectivity index (χ2n) is 6.17. The molecule has 0 unspecified atom stereocenters. The molecule has 0 aliphatic carbocycles. The van der Waals surface area contributed by atoms with Crippen LogP contribution < -0.4 is 0 Å². The molecule has 1 amide bonds. The zero-order valence-electron chi connectivity index (χ0n) is 12.2. The van der Waals surface area contributed by atoms with Gasteiger partial charge in [0.1, 0.15) is 5.82 Å². The first-order valence-electron chi connectivity index (χ1n) is 7.22. The molecule has 5 heteroatoms. The van der Waals surface area contributed by atoms with Gasteiger partial charge in [0, 0.05) is 19.5 Å². The number of hydrogen-bond donors (Lipinski definition) is 1. The van der Waals surface area contributed by atoms with Crippen molar-refractivity contribution in [2.24, 2.45) is 5.41 Å². The Bertz CT molecular complexity index is 438. The Kier molecular flexibility index (Phi) is 4.22. The van der Waals surface area contributed by atoms with Gasteiger partial charge in [0.05, 0.1) is 0 Å². The van der Waals surface area contributed by atoms with Gasteiger partial charge in [0.25, 0.3) is 5.91 Å². The molecule has 0 atom stereocenters. The quantitative estimate of drug-likeness (QED) is 0.912. The number of aromatic amines is 1. The smallest absolute Gasteiger partial charge is 0.293 e. The zero-order chi connectivity index (χ0) is 13.9. The minimum Gasteiger partial charge on any atom is -0.336 e. The highest BCUT2D eigenvalue weighted by Crippen LogP contribution is 2.30. The third-order valence-corrected chi connectivity index (χ3v) is 3.84. The SMILES string of the molecule is CCCc1nc(C(=O)N2CCCC(C)(C)CC2)n[nH]1. The molecule has 1 aromatic rings. The zero-order valence-corrected chi connectivity index (χ0v) is 12.2. The number of aromatic nitrogens is 3. The summed E-state index contributed by atoms with van der Waals surface area (Å²) < 4.78 is 0. The van der Waals surface area contributed by atoms with Crippen molar-refractivity contribution in [3.05, 3.63) is 11.6 Å². The van der Waals surface area contributed by atoms with E-state index in [4.69, 9.17) is 0 Å². The van der Waals surface area contributed by atoms with E-state index in [9.17, 15) is 4.79 Å². The van der Waals surface area contributed by atoms with Gasteiger partial charge < -0.3 is 4.90 Å². The van der Waals surface area contributed by atoms with Crippen molar-refractivity contribution in [2.45, 2.75) is 52.9 Å². The van der Waals surface area contributed by atoms with Crippen molar-refractivity contribution >= 4 is 5.91 Å². The number of nitrogens with zero attached hydrogens (tertiary/aromatic N) is 3. The molecule has 0 radical (unpaired) electrons. The van der Waals surface area contributed by atoms with Gasteiger partial charge in [-0.2, -0.15) is 0 Å². The van der Waals surface area contributed by atoms with Crippen molar-refractivity contribution in [3.8, 4) is 0 Å². The van der Waals surface area contributed by atoms with Crippen LogP contribution >= 0.6 is 0 Å². The molecule has 0 aromatic carbocycles. The number of H-pyrrole nitrogens is 1. The Hall–Kier alpha value is -1.39. The Morgan fingerprint density at radius 1 is 1.37 bits per heavy atom. The summed E-state index contributed by atoms with van der Waals surface area (Å²) in [5.41, 5.74) is 0.335. The number of carbonyl (C=O) groups excluding carboxylic acids is 1. The van der Waals surface area contributed by atoms with E-state index in [0.29, 0.717) is 11.2 Å². The lowest BCUT2D eigenvalue weighted by atomic mass is 9.85. The summed E-state index contributed by atoms with van der Waals surface area (Å²) in [6.07, 6.45) is 5.12. The van der Waals surface area contributed by atoms with Crippen molar-refractivity contribution in [2.75, 3.05) is 13.1 Å². The van der Waals surface area contributed by atoms with Gasteiger partial charge >= 0.3 is 0 Å². The molecule has 2 heterocycles. The fourth-order valence-corrected chi connectivity index (χ4v) is 2.51. The molecule has 19 heavy (non-hydrogen) atoms. The van der Waals surface area contributed by atoms with E-state index in [-0.39, 0.29) is 5.91 Å². The summed E-state index contributed by atoms with van der Waals surface area (Å²) in [5.74, 6) is 1.10. The van der Waals surface area contributed by atoms with Crippen LogP contribution in [0.15, 0.2) is 0 Å². The molecule has 2 rings (SSSR count). The molecular weight excluding hydrogens is 240 g/mol. The maximum atomic E-state index is 12.4. The summed E-state index contributed by atoms with van der Waals surface area (Å²) in [5, 5.41) is 6.90. The van der Waals surface area contributed by atoms with E-state index in [1.807, 2.05) is 4.90 Å². The molecule has 1 N–H and O–H groups in total.